The summed E-state index contributed by atoms with van der Waals surface area (Å²) in [5.41, 5.74) is 2.00. The fourth-order valence-electron chi connectivity index (χ4n) is 3.59. The predicted molar refractivity (Wildman–Crippen MR) is 125 cm³/mol. The van der Waals surface area contributed by atoms with Crippen LogP contribution in [0.3, 0.4) is 0 Å². The minimum Gasteiger partial charge on any atom is -0.349 e. The zero-order valence-corrected chi connectivity index (χ0v) is 18.3. The van der Waals surface area contributed by atoms with Crippen LogP contribution in [-0.4, -0.2) is 23.0 Å². The van der Waals surface area contributed by atoms with Gasteiger partial charge in [-0.05, 0) is 55.2 Å². The maximum absolute atomic E-state index is 12.7. The minimum absolute atomic E-state index is 0.127. The highest BCUT2D eigenvalue weighted by molar-refractivity contribution is 7.80. The molecule has 1 fully saturated rings. The van der Waals surface area contributed by atoms with Crippen molar-refractivity contribution < 1.29 is 9.59 Å². The molecular formula is C23H26ClN3O2S. The lowest BCUT2D eigenvalue weighted by molar-refractivity contribution is -0.119. The van der Waals surface area contributed by atoms with E-state index in [0.29, 0.717) is 22.7 Å². The van der Waals surface area contributed by atoms with Crippen LogP contribution in [0.15, 0.2) is 48.5 Å². The van der Waals surface area contributed by atoms with Gasteiger partial charge in [-0.2, -0.15) is 0 Å². The van der Waals surface area contributed by atoms with Crippen molar-refractivity contribution in [1.29, 1.82) is 0 Å². The number of carbonyl (C=O) groups excluding carboxylic acids is 2. The van der Waals surface area contributed by atoms with E-state index in [-0.39, 0.29) is 29.4 Å². The second kappa shape index (κ2) is 11.1. The number of para-hydroxylation sites is 1. The standard InChI is InChI=1S/C23H26ClN3O2S/c24-19-12-6-4-8-16(19)14-15-21(28)27-23(30)26-20-13-7-5-11-18(20)22(29)25-17-9-2-1-3-10-17/h4-8,11-13,17H,1-3,9-10,14-15H2,(H,25,29)(H2,26,27,28,30). The number of rotatable bonds is 6. The van der Waals surface area contributed by atoms with Gasteiger partial charge in [-0.1, -0.05) is 61.2 Å². The van der Waals surface area contributed by atoms with Gasteiger partial charge >= 0.3 is 0 Å². The Morgan fingerprint density at radius 1 is 1.00 bits per heavy atom. The number of amides is 2. The number of hydrogen-bond donors (Lipinski definition) is 3. The van der Waals surface area contributed by atoms with E-state index in [4.69, 9.17) is 23.8 Å². The van der Waals surface area contributed by atoms with Crippen LogP contribution in [0, 0.1) is 0 Å². The molecule has 0 aliphatic heterocycles. The van der Waals surface area contributed by atoms with Crippen LogP contribution in [0.2, 0.25) is 5.02 Å². The topological polar surface area (TPSA) is 70.2 Å². The number of hydrogen-bond acceptors (Lipinski definition) is 3. The smallest absolute Gasteiger partial charge is 0.253 e. The molecule has 0 unspecified atom stereocenters. The van der Waals surface area contributed by atoms with Gasteiger partial charge in [0.05, 0.1) is 11.3 Å². The zero-order valence-electron chi connectivity index (χ0n) is 16.7. The molecule has 3 N–H and O–H groups in total. The molecule has 1 aliphatic rings. The molecular weight excluding hydrogens is 418 g/mol. The third kappa shape index (κ3) is 6.54. The summed E-state index contributed by atoms with van der Waals surface area (Å²) < 4.78 is 0. The Balaban J connectivity index is 1.54. The van der Waals surface area contributed by atoms with Crippen molar-refractivity contribution in [3.05, 3.63) is 64.7 Å². The van der Waals surface area contributed by atoms with Gasteiger partial charge in [-0.25, -0.2) is 0 Å². The fourth-order valence-corrected chi connectivity index (χ4v) is 4.05. The van der Waals surface area contributed by atoms with Crippen LogP contribution >= 0.6 is 23.8 Å². The van der Waals surface area contributed by atoms with Crippen LogP contribution < -0.4 is 16.0 Å². The van der Waals surface area contributed by atoms with Crippen molar-refractivity contribution in [3.8, 4) is 0 Å². The molecule has 0 saturated heterocycles. The summed E-state index contributed by atoms with van der Waals surface area (Å²) >= 11 is 11.4. The molecule has 7 heteroatoms. The summed E-state index contributed by atoms with van der Waals surface area (Å²) in [4.78, 5) is 25.0. The third-order valence-corrected chi connectivity index (χ3v) is 5.77. The maximum atomic E-state index is 12.7. The Labute approximate surface area is 187 Å². The van der Waals surface area contributed by atoms with Gasteiger partial charge in [-0.15, -0.1) is 0 Å². The second-order valence-electron chi connectivity index (χ2n) is 7.45. The van der Waals surface area contributed by atoms with Crippen LogP contribution in [0.4, 0.5) is 5.69 Å². The zero-order chi connectivity index (χ0) is 21.3. The van der Waals surface area contributed by atoms with Crippen LogP contribution in [0.25, 0.3) is 0 Å². The fraction of sp³-hybridized carbons (Fsp3) is 0.348. The predicted octanol–water partition coefficient (Wildman–Crippen LogP) is 4.85. The Bertz CT molecular complexity index is 913. The molecule has 2 amide bonds. The first-order valence-electron chi connectivity index (χ1n) is 10.3. The molecule has 1 saturated carbocycles. The maximum Gasteiger partial charge on any atom is 0.253 e. The lowest BCUT2D eigenvalue weighted by atomic mass is 9.95. The van der Waals surface area contributed by atoms with E-state index < -0.39 is 0 Å². The van der Waals surface area contributed by atoms with Gasteiger partial charge in [0.25, 0.3) is 5.91 Å². The van der Waals surface area contributed by atoms with E-state index in [2.05, 4.69) is 16.0 Å². The van der Waals surface area contributed by atoms with Crippen molar-refractivity contribution >= 4 is 46.4 Å². The number of anilines is 1. The van der Waals surface area contributed by atoms with E-state index in [1.54, 1.807) is 18.2 Å². The molecule has 3 rings (SSSR count). The number of aryl methyl sites for hydroxylation is 1. The molecule has 5 nitrogen and oxygen atoms in total. The van der Waals surface area contributed by atoms with Crippen molar-refractivity contribution in [3.63, 3.8) is 0 Å². The highest BCUT2D eigenvalue weighted by Crippen LogP contribution is 2.20. The highest BCUT2D eigenvalue weighted by Gasteiger charge is 2.19. The van der Waals surface area contributed by atoms with Gasteiger partial charge in [0.15, 0.2) is 5.11 Å². The number of nitrogens with one attached hydrogen (secondary N) is 3. The van der Waals surface area contributed by atoms with E-state index in [1.165, 1.54) is 6.42 Å². The Kier molecular flexibility index (Phi) is 8.22. The van der Waals surface area contributed by atoms with Crippen molar-refractivity contribution in [1.82, 2.24) is 10.6 Å². The summed E-state index contributed by atoms with van der Waals surface area (Å²) in [6.07, 6.45) is 6.34. The molecule has 30 heavy (non-hydrogen) atoms. The second-order valence-corrected chi connectivity index (χ2v) is 8.26. The molecule has 0 bridgehead atoms. The van der Waals surface area contributed by atoms with Crippen molar-refractivity contribution in [2.75, 3.05) is 5.32 Å². The molecule has 158 valence electrons. The number of thiocarbonyl (C=S) groups is 1. The Morgan fingerprint density at radius 2 is 1.70 bits per heavy atom. The highest BCUT2D eigenvalue weighted by atomic mass is 35.5. The summed E-state index contributed by atoms with van der Waals surface area (Å²) in [5, 5.41) is 9.57. The molecule has 2 aromatic rings. The average Bonchev–Trinajstić information content (AvgIpc) is 2.74. The Hall–Kier alpha value is -2.44. The molecule has 0 radical (unpaired) electrons. The monoisotopic (exact) mass is 443 g/mol. The van der Waals surface area contributed by atoms with Gasteiger partial charge in [0, 0.05) is 17.5 Å². The number of carbonyl (C=O) groups is 2. The van der Waals surface area contributed by atoms with E-state index in [9.17, 15) is 9.59 Å². The first-order chi connectivity index (χ1) is 14.5. The molecule has 0 atom stereocenters. The SMILES string of the molecule is O=C(CCc1ccccc1Cl)NC(=S)Nc1ccccc1C(=O)NC1CCCCC1. The lowest BCUT2D eigenvalue weighted by Gasteiger charge is -2.23. The van der Waals surface area contributed by atoms with Crippen molar-refractivity contribution in [2.24, 2.45) is 0 Å². The average molecular weight is 444 g/mol. The number of halogens is 1. The van der Waals surface area contributed by atoms with Gasteiger partial charge in [0.2, 0.25) is 5.91 Å². The number of benzene rings is 2. The largest absolute Gasteiger partial charge is 0.349 e. The summed E-state index contributed by atoms with van der Waals surface area (Å²) in [7, 11) is 0. The van der Waals surface area contributed by atoms with Crippen molar-refractivity contribution in [2.45, 2.75) is 51.0 Å². The molecule has 0 spiro atoms. The molecule has 0 aromatic heterocycles. The lowest BCUT2D eigenvalue weighted by Crippen LogP contribution is -2.37. The normalized spacial score (nSPS) is 14.0. The Morgan fingerprint density at radius 3 is 2.47 bits per heavy atom. The summed E-state index contributed by atoms with van der Waals surface area (Å²) in [6, 6.07) is 14.8. The van der Waals surface area contributed by atoms with E-state index in [1.807, 2.05) is 30.3 Å². The summed E-state index contributed by atoms with van der Waals surface area (Å²) in [6.45, 7) is 0. The van der Waals surface area contributed by atoms with Gasteiger partial charge < -0.3 is 16.0 Å². The van der Waals surface area contributed by atoms with Crippen LogP contribution in [0.1, 0.15) is 54.4 Å². The van der Waals surface area contributed by atoms with Crippen LogP contribution in [0.5, 0.6) is 0 Å². The van der Waals surface area contributed by atoms with E-state index >= 15 is 0 Å². The molecule has 1 aliphatic carbocycles. The van der Waals surface area contributed by atoms with Gasteiger partial charge in [0.1, 0.15) is 0 Å². The van der Waals surface area contributed by atoms with Crippen LogP contribution in [-0.2, 0) is 11.2 Å². The summed E-state index contributed by atoms with van der Waals surface area (Å²) in [5.74, 6) is -0.339. The minimum atomic E-state index is -0.212. The first-order valence-corrected chi connectivity index (χ1v) is 11.1. The molecule has 2 aromatic carbocycles. The molecule has 0 heterocycles. The quantitative estimate of drug-likeness (QED) is 0.558. The van der Waals surface area contributed by atoms with Gasteiger partial charge in [-0.3, -0.25) is 9.59 Å². The first kappa shape index (κ1) is 22.2. The van der Waals surface area contributed by atoms with E-state index in [0.717, 1.165) is 31.2 Å². The third-order valence-electron chi connectivity index (χ3n) is 5.19.